The molecule has 0 radical (unpaired) electrons. The van der Waals surface area contributed by atoms with Gasteiger partial charge in [0.15, 0.2) is 0 Å². The van der Waals surface area contributed by atoms with Crippen LogP contribution in [0.3, 0.4) is 0 Å². The molecular formula is C8H11FN2OS. The van der Waals surface area contributed by atoms with Crippen LogP contribution in [0.25, 0.3) is 0 Å². The van der Waals surface area contributed by atoms with Crippen LogP contribution in [0.5, 0.6) is 0 Å². The van der Waals surface area contributed by atoms with Gasteiger partial charge in [-0.2, -0.15) is 4.39 Å². The Morgan fingerprint density at radius 2 is 2.00 bits per heavy atom. The van der Waals surface area contributed by atoms with E-state index < -0.39 is 17.4 Å². The van der Waals surface area contributed by atoms with Crippen molar-refractivity contribution in [2.24, 2.45) is 5.73 Å². The lowest BCUT2D eigenvalue weighted by Crippen LogP contribution is -2.13. The average molecular weight is 202 g/mol. The molecule has 3 nitrogen and oxygen atoms in total. The average Bonchev–Trinajstić information content (AvgIpc) is 2.19. The van der Waals surface area contributed by atoms with Gasteiger partial charge in [0, 0.05) is 6.54 Å². The summed E-state index contributed by atoms with van der Waals surface area (Å²) in [5.74, 6) is 0. The first-order chi connectivity index (χ1) is 6.26. The van der Waals surface area contributed by atoms with Crippen molar-refractivity contribution >= 4 is 17.0 Å². The maximum absolute atomic E-state index is 11.8. The zero-order valence-corrected chi connectivity index (χ0v) is 7.81. The fraction of sp³-hybridized carbons (Fsp3) is 0.250. The van der Waals surface area contributed by atoms with Crippen LogP contribution in [0.2, 0.25) is 0 Å². The fourth-order valence-corrected chi connectivity index (χ4v) is 1.32. The molecule has 0 aliphatic carbocycles. The van der Waals surface area contributed by atoms with E-state index in [0.717, 1.165) is 5.56 Å². The molecule has 0 aliphatic rings. The molecule has 1 rings (SSSR count). The van der Waals surface area contributed by atoms with Crippen LogP contribution < -0.4 is 10.5 Å². The molecule has 0 bridgehead atoms. The molecule has 0 aliphatic heterocycles. The van der Waals surface area contributed by atoms with Gasteiger partial charge >= 0.3 is 0 Å². The Hall–Kier alpha value is -0.780. The molecule has 1 atom stereocenters. The van der Waals surface area contributed by atoms with Gasteiger partial charge in [-0.05, 0) is 17.7 Å². The summed E-state index contributed by atoms with van der Waals surface area (Å²) >= 11 is -1.63. The minimum absolute atomic E-state index is 0.465. The van der Waals surface area contributed by atoms with Gasteiger partial charge in [-0.15, -0.1) is 0 Å². The third-order valence-electron chi connectivity index (χ3n) is 1.52. The minimum atomic E-state index is -1.63. The van der Waals surface area contributed by atoms with Gasteiger partial charge in [0.05, 0.1) is 17.0 Å². The normalized spacial score (nSPS) is 12.5. The highest BCUT2D eigenvalue weighted by Crippen LogP contribution is 2.10. The van der Waals surface area contributed by atoms with Gasteiger partial charge in [0.2, 0.25) is 0 Å². The molecule has 0 saturated carbocycles. The van der Waals surface area contributed by atoms with E-state index in [-0.39, 0.29) is 0 Å². The first kappa shape index (κ1) is 10.3. The van der Waals surface area contributed by atoms with E-state index in [1.165, 1.54) is 0 Å². The van der Waals surface area contributed by atoms with Crippen molar-refractivity contribution in [3.63, 3.8) is 0 Å². The topological polar surface area (TPSA) is 61.1 Å². The predicted octanol–water partition coefficient (Wildman–Crippen LogP) is 1.15. The quantitative estimate of drug-likeness (QED) is 0.720. The van der Waals surface area contributed by atoms with E-state index >= 15 is 0 Å². The van der Waals surface area contributed by atoms with Gasteiger partial charge in [0.25, 0.3) is 6.01 Å². The molecule has 72 valence electrons. The number of hydrogen-bond acceptors (Lipinski definition) is 3. The number of alkyl halides is 1. The van der Waals surface area contributed by atoms with E-state index in [4.69, 9.17) is 5.73 Å². The molecule has 0 spiro atoms. The molecular weight excluding hydrogens is 191 g/mol. The molecule has 3 N–H and O–H groups in total. The lowest BCUT2D eigenvalue weighted by molar-refractivity contribution is 0.538. The van der Waals surface area contributed by atoms with Crippen LogP contribution in [-0.4, -0.2) is 10.6 Å². The van der Waals surface area contributed by atoms with Crippen molar-refractivity contribution < 1.29 is 8.94 Å². The number of nitrogens with one attached hydrogen (secondary N) is 1. The lowest BCUT2D eigenvalue weighted by atomic mass is 10.2. The van der Waals surface area contributed by atoms with Crippen LogP contribution in [0.4, 0.5) is 10.1 Å². The lowest BCUT2D eigenvalue weighted by Gasteiger charge is -2.08. The molecule has 0 aromatic heterocycles. The molecule has 1 unspecified atom stereocenters. The number of nitrogens with two attached hydrogens (primary N) is 1. The van der Waals surface area contributed by atoms with E-state index in [9.17, 15) is 8.94 Å². The van der Waals surface area contributed by atoms with Crippen LogP contribution in [0, 0.1) is 0 Å². The number of rotatable bonds is 4. The van der Waals surface area contributed by atoms with Crippen molar-refractivity contribution in [2.45, 2.75) is 6.54 Å². The molecule has 0 saturated heterocycles. The predicted molar refractivity (Wildman–Crippen MR) is 52.1 cm³/mol. The Labute approximate surface area is 79.4 Å². The summed E-state index contributed by atoms with van der Waals surface area (Å²) in [7, 11) is 0. The van der Waals surface area contributed by atoms with Crippen molar-refractivity contribution in [1.82, 2.24) is 0 Å². The molecule has 1 aromatic rings. The summed E-state index contributed by atoms with van der Waals surface area (Å²) in [6.45, 7) is 0.465. The molecule has 1 aromatic carbocycles. The Kier molecular flexibility index (Phi) is 4.01. The summed E-state index contributed by atoms with van der Waals surface area (Å²) in [6, 6.07) is 6.15. The number of anilines is 1. The van der Waals surface area contributed by atoms with Gasteiger partial charge in [-0.1, -0.05) is 12.1 Å². The van der Waals surface area contributed by atoms with Crippen LogP contribution in [-0.2, 0) is 17.9 Å². The number of halogens is 1. The highest BCUT2D eigenvalue weighted by atomic mass is 32.2. The van der Waals surface area contributed by atoms with E-state index in [1.807, 2.05) is 0 Å². The van der Waals surface area contributed by atoms with Gasteiger partial charge < -0.3 is 10.3 Å². The smallest absolute Gasteiger partial charge is 0.267 e. The highest BCUT2D eigenvalue weighted by molar-refractivity contribution is 7.92. The summed E-state index contributed by atoms with van der Waals surface area (Å²) < 4.78 is 25.1. The standard InChI is InChI=1S/C8H11FN2OS/c9-6-13(12)11-8-3-1-7(5-10)2-4-8/h1-4,11H,5-6,10H2. The number of hydrogen-bond donors (Lipinski definition) is 2. The Bertz CT molecular complexity index is 255. The molecule has 0 heterocycles. The van der Waals surface area contributed by atoms with E-state index in [0.29, 0.717) is 12.2 Å². The second kappa shape index (κ2) is 5.06. The van der Waals surface area contributed by atoms with Crippen molar-refractivity contribution in [1.29, 1.82) is 0 Å². The van der Waals surface area contributed by atoms with Crippen molar-refractivity contribution in [3.05, 3.63) is 29.8 Å². The van der Waals surface area contributed by atoms with E-state index in [1.54, 1.807) is 24.3 Å². The van der Waals surface area contributed by atoms with Crippen LogP contribution in [0.15, 0.2) is 24.3 Å². The van der Waals surface area contributed by atoms with Crippen molar-refractivity contribution in [3.8, 4) is 0 Å². The van der Waals surface area contributed by atoms with Gasteiger partial charge in [0.1, 0.15) is 0 Å². The SMILES string of the molecule is NCc1ccc(N[S+]([O-])CF)cc1. The summed E-state index contributed by atoms with van der Waals surface area (Å²) in [5, 5.41) is 0. The maximum Gasteiger partial charge on any atom is 0.267 e. The minimum Gasteiger partial charge on any atom is -0.591 e. The molecule has 5 heteroatoms. The first-order valence-corrected chi connectivity index (χ1v) is 5.08. The Balaban J connectivity index is 2.58. The third kappa shape index (κ3) is 3.22. The van der Waals surface area contributed by atoms with Crippen LogP contribution in [0.1, 0.15) is 5.56 Å². The second-order valence-electron chi connectivity index (χ2n) is 2.46. The molecule has 0 amide bonds. The van der Waals surface area contributed by atoms with Crippen LogP contribution >= 0.6 is 0 Å². The largest absolute Gasteiger partial charge is 0.591 e. The number of benzene rings is 1. The first-order valence-electron chi connectivity index (χ1n) is 3.76. The zero-order valence-electron chi connectivity index (χ0n) is 7.00. The Morgan fingerprint density at radius 1 is 1.38 bits per heavy atom. The zero-order chi connectivity index (χ0) is 9.68. The highest BCUT2D eigenvalue weighted by Gasteiger charge is 2.03. The second-order valence-corrected chi connectivity index (χ2v) is 3.57. The third-order valence-corrected chi connectivity index (χ3v) is 2.18. The monoisotopic (exact) mass is 202 g/mol. The summed E-state index contributed by atoms with van der Waals surface area (Å²) in [5.41, 5.74) is 7.00. The summed E-state index contributed by atoms with van der Waals surface area (Å²) in [6.07, 6.45) is 0. The summed E-state index contributed by atoms with van der Waals surface area (Å²) in [4.78, 5) is 0. The van der Waals surface area contributed by atoms with E-state index in [2.05, 4.69) is 4.72 Å². The molecule has 13 heavy (non-hydrogen) atoms. The van der Waals surface area contributed by atoms with Crippen molar-refractivity contribution in [2.75, 3.05) is 10.7 Å². The molecule has 0 fully saturated rings. The van der Waals surface area contributed by atoms with Gasteiger partial charge in [-0.25, -0.2) is 4.72 Å². The van der Waals surface area contributed by atoms with Gasteiger partial charge in [-0.3, -0.25) is 0 Å². The maximum atomic E-state index is 11.8. The Morgan fingerprint density at radius 3 is 2.46 bits per heavy atom. The fourth-order valence-electron chi connectivity index (χ4n) is 0.868.